The van der Waals surface area contributed by atoms with Crippen LogP contribution in [0.4, 0.5) is 0 Å². The fourth-order valence-electron chi connectivity index (χ4n) is 1.26. The minimum atomic E-state index is 1.11. The second-order valence-corrected chi connectivity index (χ2v) is 5.18. The maximum absolute atomic E-state index is 3.42. The van der Waals surface area contributed by atoms with Gasteiger partial charge in [0, 0.05) is 9.37 Å². The van der Waals surface area contributed by atoms with Gasteiger partial charge in [-0.1, -0.05) is 58.0 Å². The Morgan fingerprint density at radius 3 is 2.25 bits per heavy atom. The van der Waals surface area contributed by atoms with E-state index in [0.29, 0.717) is 0 Å². The van der Waals surface area contributed by atoms with Crippen molar-refractivity contribution < 1.29 is 0 Å². The van der Waals surface area contributed by atoms with Crippen LogP contribution in [0, 0.1) is 0 Å². The molecule has 0 saturated carbocycles. The quantitative estimate of drug-likeness (QED) is 0.699. The monoisotopic (exact) mass is 290 g/mol. The molecule has 0 nitrogen and oxygen atoms in total. The van der Waals surface area contributed by atoms with Crippen LogP contribution in [0.15, 0.2) is 69.4 Å². The van der Waals surface area contributed by atoms with E-state index in [1.807, 2.05) is 18.2 Å². The minimum Gasteiger partial charge on any atom is -0.0981 e. The highest BCUT2D eigenvalue weighted by Gasteiger charge is 1.89. The first-order chi connectivity index (χ1) is 7.84. The van der Waals surface area contributed by atoms with Crippen LogP contribution in [0.25, 0.3) is 6.08 Å². The number of benzene rings is 2. The number of hydrogen-bond donors (Lipinski definition) is 0. The average Bonchev–Trinajstić information content (AvgIpc) is 2.33. The van der Waals surface area contributed by atoms with Crippen LogP contribution in [0.2, 0.25) is 0 Å². The van der Waals surface area contributed by atoms with E-state index in [0.717, 1.165) is 4.47 Å². The van der Waals surface area contributed by atoms with Gasteiger partial charge in [0.2, 0.25) is 0 Å². The summed E-state index contributed by atoms with van der Waals surface area (Å²) >= 11 is 5.15. The van der Waals surface area contributed by atoms with Crippen LogP contribution in [0.1, 0.15) is 5.56 Å². The maximum atomic E-state index is 3.42. The molecule has 0 spiro atoms. The molecule has 16 heavy (non-hydrogen) atoms. The van der Waals surface area contributed by atoms with Crippen LogP contribution < -0.4 is 0 Å². The normalized spacial score (nSPS) is 10.8. The van der Waals surface area contributed by atoms with Crippen LogP contribution in [-0.2, 0) is 0 Å². The molecule has 0 amide bonds. The van der Waals surface area contributed by atoms with Gasteiger partial charge < -0.3 is 0 Å². The lowest BCUT2D eigenvalue weighted by molar-refractivity contribution is 1.47. The fraction of sp³-hybridized carbons (Fsp3) is 0. The predicted molar refractivity (Wildman–Crippen MR) is 75.5 cm³/mol. The third-order valence-corrected chi connectivity index (χ3v) is 3.42. The summed E-state index contributed by atoms with van der Waals surface area (Å²) in [6.07, 6.45) is 2.12. The number of hydrogen-bond acceptors (Lipinski definition) is 1. The molecule has 0 atom stereocenters. The summed E-state index contributed by atoms with van der Waals surface area (Å²) in [4.78, 5) is 1.26. The van der Waals surface area contributed by atoms with Crippen molar-refractivity contribution in [2.45, 2.75) is 4.90 Å². The Morgan fingerprint density at radius 2 is 1.56 bits per heavy atom. The lowest BCUT2D eigenvalue weighted by atomic mass is 10.2. The van der Waals surface area contributed by atoms with Gasteiger partial charge in [0.15, 0.2) is 0 Å². The molecule has 80 valence electrons. The standard InChI is InChI=1S/C14H11BrS/c15-13-8-6-12(7-9-13)10-11-16-14-4-2-1-3-5-14/h1-11H/b11-10-. The van der Waals surface area contributed by atoms with Crippen LogP contribution in [0.5, 0.6) is 0 Å². The van der Waals surface area contributed by atoms with Crippen molar-refractivity contribution >= 4 is 33.8 Å². The molecule has 0 fully saturated rings. The van der Waals surface area contributed by atoms with Gasteiger partial charge in [0.25, 0.3) is 0 Å². The number of halogens is 1. The largest absolute Gasteiger partial charge is 0.0981 e. The molecular formula is C14H11BrS. The van der Waals surface area contributed by atoms with E-state index >= 15 is 0 Å². The molecule has 0 unspecified atom stereocenters. The highest BCUT2D eigenvalue weighted by atomic mass is 79.9. The fourth-order valence-corrected chi connectivity index (χ4v) is 2.23. The van der Waals surface area contributed by atoms with Gasteiger partial charge in [-0.3, -0.25) is 0 Å². The van der Waals surface area contributed by atoms with Gasteiger partial charge in [-0.2, -0.15) is 0 Å². The summed E-state index contributed by atoms with van der Waals surface area (Å²) < 4.78 is 1.11. The predicted octanol–water partition coefficient (Wildman–Crippen LogP) is 5.21. The summed E-state index contributed by atoms with van der Waals surface area (Å²) in [6.45, 7) is 0. The summed E-state index contributed by atoms with van der Waals surface area (Å²) in [5, 5.41) is 2.11. The lowest BCUT2D eigenvalue weighted by Crippen LogP contribution is -1.70. The van der Waals surface area contributed by atoms with Crippen molar-refractivity contribution in [1.29, 1.82) is 0 Å². The smallest absolute Gasteiger partial charge is 0.0175 e. The Labute approximate surface area is 109 Å². The van der Waals surface area contributed by atoms with Crippen molar-refractivity contribution in [2.24, 2.45) is 0 Å². The first-order valence-electron chi connectivity index (χ1n) is 4.98. The van der Waals surface area contributed by atoms with Crippen molar-refractivity contribution in [3.63, 3.8) is 0 Å². The summed E-state index contributed by atoms with van der Waals surface area (Å²) in [5.74, 6) is 0. The molecule has 2 rings (SSSR count). The first-order valence-corrected chi connectivity index (χ1v) is 6.66. The second-order valence-electron chi connectivity index (χ2n) is 3.29. The minimum absolute atomic E-state index is 1.11. The SMILES string of the molecule is Brc1ccc(/C=C\Sc2ccccc2)cc1. The molecule has 0 saturated heterocycles. The molecule has 0 aromatic heterocycles. The highest BCUT2D eigenvalue weighted by Crippen LogP contribution is 2.20. The molecule has 2 aromatic rings. The Kier molecular flexibility index (Phi) is 4.25. The lowest BCUT2D eigenvalue weighted by Gasteiger charge is -1.95. The van der Waals surface area contributed by atoms with E-state index in [4.69, 9.17) is 0 Å². The average molecular weight is 291 g/mol. The molecular weight excluding hydrogens is 280 g/mol. The molecule has 0 aliphatic carbocycles. The van der Waals surface area contributed by atoms with Gasteiger partial charge in [-0.25, -0.2) is 0 Å². The Bertz CT molecular complexity index is 460. The maximum Gasteiger partial charge on any atom is 0.0175 e. The van der Waals surface area contributed by atoms with E-state index in [-0.39, 0.29) is 0 Å². The van der Waals surface area contributed by atoms with E-state index < -0.39 is 0 Å². The summed E-state index contributed by atoms with van der Waals surface area (Å²) in [6, 6.07) is 18.6. The summed E-state index contributed by atoms with van der Waals surface area (Å²) in [7, 11) is 0. The van der Waals surface area contributed by atoms with Gasteiger partial charge in [0.1, 0.15) is 0 Å². The summed E-state index contributed by atoms with van der Waals surface area (Å²) in [5.41, 5.74) is 1.21. The van der Waals surface area contributed by atoms with E-state index in [1.165, 1.54) is 10.5 Å². The van der Waals surface area contributed by atoms with Gasteiger partial charge in [-0.05, 0) is 41.3 Å². The molecule has 0 N–H and O–H groups in total. The van der Waals surface area contributed by atoms with E-state index in [9.17, 15) is 0 Å². The van der Waals surface area contributed by atoms with Crippen LogP contribution >= 0.6 is 27.7 Å². The number of thioether (sulfide) groups is 1. The zero-order valence-corrected chi connectivity index (χ0v) is 11.0. The van der Waals surface area contributed by atoms with Crippen LogP contribution in [0.3, 0.4) is 0 Å². The molecule has 2 aromatic carbocycles. The topological polar surface area (TPSA) is 0 Å². The van der Waals surface area contributed by atoms with E-state index in [2.05, 4.69) is 63.8 Å². The molecule has 0 aliphatic heterocycles. The zero-order valence-electron chi connectivity index (χ0n) is 8.64. The molecule has 2 heteroatoms. The zero-order chi connectivity index (χ0) is 11.2. The van der Waals surface area contributed by atoms with Crippen molar-refractivity contribution in [3.05, 3.63) is 70.0 Å². The molecule has 0 radical (unpaired) electrons. The third kappa shape index (κ3) is 3.54. The molecule has 0 heterocycles. The highest BCUT2D eigenvalue weighted by molar-refractivity contribution is 9.10. The Morgan fingerprint density at radius 1 is 0.875 bits per heavy atom. The third-order valence-electron chi connectivity index (χ3n) is 2.08. The van der Waals surface area contributed by atoms with Gasteiger partial charge >= 0.3 is 0 Å². The Hall–Kier alpha value is -0.990. The molecule has 0 bridgehead atoms. The van der Waals surface area contributed by atoms with Gasteiger partial charge in [-0.15, -0.1) is 0 Å². The van der Waals surface area contributed by atoms with Crippen molar-refractivity contribution in [1.82, 2.24) is 0 Å². The van der Waals surface area contributed by atoms with Crippen LogP contribution in [-0.4, -0.2) is 0 Å². The van der Waals surface area contributed by atoms with Gasteiger partial charge in [0.05, 0.1) is 0 Å². The van der Waals surface area contributed by atoms with E-state index in [1.54, 1.807) is 11.8 Å². The second kappa shape index (κ2) is 5.92. The molecule has 0 aliphatic rings. The van der Waals surface area contributed by atoms with Crippen molar-refractivity contribution in [2.75, 3.05) is 0 Å². The first kappa shape index (κ1) is 11.5. The van der Waals surface area contributed by atoms with Crippen molar-refractivity contribution in [3.8, 4) is 0 Å². The Balaban J connectivity index is 1.98. The number of rotatable bonds is 3.